The van der Waals surface area contributed by atoms with Crippen LogP contribution in [0.2, 0.25) is 0 Å². The first-order valence-corrected chi connectivity index (χ1v) is 8.56. The van der Waals surface area contributed by atoms with Crippen LogP contribution < -0.4 is 5.32 Å². The van der Waals surface area contributed by atoms with Gasteiger partial charge in [0.2, 0.25) is 0 Å². The van der Waals surface area contributed by atoms with E-state index in [0.29, 0.717) is 18.1 Å². The van der Waals surface area contributed by atoms with Crippen LogP contribution in [0.25, 0.3) is 0 Å². The fourth-order valence-electron chi connectivity index (χ4n) is 3.12. The van der Waals surface area contributed by atoms with Crippen LogP contribution >= 0.6 is 11.3 Å². The van der Waals surface area contributed by atoms with Gasteiger partial charge in [-0.25, -0.2) is 0 Å². The van der Waals surface area contributed by atoms with Crippen LogP contribution in [-0.2, 0) is 6.42 Å². The summed E-state index contributed by atoms with van der Waals surface area (Å²) in [6.45, 7) is 11.5. The van der Waals surface area contributed by atoms with Crippen molar-refractivity contribution in [1.29, 1.82) is 0 Å². The Morgan fingerprint density at radius 3 is 2.95 bits per heavy atom. The van der Waals surface area contributed by atoms with Crippen molar-refractivity contribution in [3.8, 4) is 0 Å². The van der Waals surface area contributed by atoms with Gasteiger partial charge in [-0.15, -0.1) is 11.3 Å². The number of hydrogen-bond acceptors (Lipinski definition) is 3. The van der Waals surface area contributed by atoms with E-state index in [0.717, 1.165) is 6.54 Å². The van der Waals surface area contributed by atoms with Crippen molar-refractivity contribution < 1.29 is 0 Å². The summed E-state index contributed by atoms with van der Waals surface area (Å²) in [6, 6.07) is 4.17. The average Bonchev–Trinajstić information content (AvgIpc) is 2.84. The summed E-state index contributed by atoms with van der Waals surface area (Å²) in [5.74, 6) is 0. The maximum Gasteiger partial charge on any atom is 0.0334 e. The summed E-state index contributed by atoms with van der Waals surface area (Å²) in [5.41, 5.74) is 1.57. The summed E-state index contributed by atoms with van der Waals surface area (Å²) in [7, 11) is 0. The van der Waals surface area contributed by atoms with Gasteiger partial charge in [0.25, 0.3) is 0 Å². The lowest BCUT2D eigenvalue weighted by molar-refractivity contribution is 0.123. The Morgan fingerprint density at radius 1 is 1.47 bits per heavy atom. The Morgan fingerprint density at radius 2 is 2.26 bits per heavy atom. The van der Waals surface area contributed by atoms with Crippen LogP contribution in [-0.4, -0.2) is 30.1 Å². The molecule has 0 saturated heterocycles. The van der Waals surface area contributed by atoms with Crippen molar-refractivity contribution >= 4 is 11.3 Å². The number of thiophene rings is 1. The Balaban J connectivity index is 2.05. The van der Waals surface area contributed by atoms with E-state index in [1.165, 1.54) is 25.8 Å². The molecule has 3 heteroatoms. The molecule has 2 atom stereocenters. The topological polar surface area (TPSA) is 15.3 Å². The molecule has 1 aliphatic rings. The van der Waals surface area contributed by atoms with Crippen LogP contribution in [0.4, 0.5) is 0 Å². The molecule has 1 aromatic rings. The molecule has 1 N–H and O–H groups in total. The molecule has 2 heterocycles. The first kappa shape index (κ1) is 15.0. The summed E-state index contributed by atoms with van der Waals surface area (Å²) >= 11 is 1.93. The summed E-state index contributed by atoms with van der Waals surface area (Å²) in [5, 5.41) is 5.88. The van der Waals surface area contributed by atoms with Crippen LogP contribution in [0.15, 0.2) is 11.4 Å². The quantitative estimate of drug-likeness (QED) is 0.852. The van der Waals surface area contributed by atoms with E-state index in [-0.39, 0.29) is 0 Å². The minimum atomic E-state index is 0.580. The lowest BCUT2D eigenvalue weighted by atomic mass is 9.97. The zero-order chi connectivity index (χ0) is 13.8. The zero-order valence-corrected chi connectivity index (χ0v) is 13.6. The van der Waals surface area contributed by atoms with Crippen LogP contribution in [0.3, 0.4) is 0 Å². The Labute approximate surface area is 122 Å². The Hall–Kier alpha value is -0.380. The van der Waals surface area contributed by atoms with Gasteiger partial charge >= 0.3 is 0 Å². The first-order valence-electron chi connectivity index (χ1n) is 7.68. The second-order valence-corrected chi connectivity index (χ2v) is 6.97. The van der Waals surface area contributed by atoms with Gasteiger partial charge in [0, 0.05) is 36.1 Å². The maximum atomic E-state index is 3.63. The molecule has 1 aromatic heterocycles. The van der Waals surface area contributed by atoms with Crippen LogP contribution in [0.5, 0.6) is 0 Å². The van der Waals surface area contributed by atoms with Crippen molar-refractivity contribution in [3.63, 3.8) is 0 Å². The van der Waals surface area contributed by atoms with E-state index in [2.05, 4.69) is 49.4 Å². The van der Waals surface area contributed by atoms with Gasteiger partial charge in [0.15, 0.2) is 0 Å². The molecule has 2 nitrogen and oxygen atoms in total. The minimum Gasteiger partial charge on any atom is -0.313 e. The summed E-state index contributed by atoms with van der Waals surface area (Å²) < 4.78 is 0. The largest absolute Gasteiger partial charge is 0.313 e. The SMILES string of the molecule is CCCC(CNC(C)C)N1CCc2sccc2C1C. The second-order valence-electron chi connectivity index (χ2n) is 5.97. The number of hydrogen-bond donors (Lipinski definition) is 1. The van der Waals surface area contributed by atoms with E-state index in [1.54, 1.807) is 10.4 Å². The first-order chi connectivity index (χ1) is 9.13. The standard InChI is InChI=1S/C16H28N2S/c1-5-6-14(11-17-12(2)3)18-9-7-16-15(13(18)4)8-10-19-16/h8,10,12-14,17H,5-7,9,11H2,1-4H3. The highest BCUT2D eigenvalue weighted by atomic mass is 32.1. The van der Waals surface area contributed by atoms with E-state index < -0.39 is 0 Å². The van der Waals surface area contributed by atoms with Gasteiger partial charge in [-0.3, -0.25) is 4.90 Å². The van der Waals surface area contributed by atoms with Gasteiger partial charge in [-0.05, 0) is 36.8 Å². The smallest absolute Gasteiger partial charge is 0.0334 e. The van der Waals surface area contributed by atoms with Gasteiger partial charge in [-0.1, -0.05) is 27.2 Å². The van der Waals surface area contributed by atoms with Crippen molar-refractivity contribution in [3.05, 3.63) is 21.9 Å². The lowest BCUT2D eigenvalue weighted by Gasteiger charge is -2.40. The maximum absolute atomic E-state index is 3.63. The molecule has 2 unspecified atom stereocenters. The number of nitrogens with one attached hydrogen (secondary N) is 1. The Kier molecular flexibility index (Phi) is 5.43. The predicted molar refractivity (Wildman–Crippen MR) is 85.0 cm³/mol. The molecule has 0 amide bonds. The monoisotopic (exact) mass is 280 g/mol. The van der Waals surface area contributed by atoms with Gasteiger partial charge in [0.05, 0.1) is 0 Å². The van der Waals surface area contributed by atoms with Crippen molar-refractivity contribution in [2.45, 2.75) is 65.1 Å². The fourth-order valence-corrected chi connectivity index (χ4v) is 4.08. The molecule has 0 bridgehead atoms. The summed E-state index contributed by atoms with van der Waals surface area (Å²) in [4.78, 5) is 4.32. The molecule has 0 radical (unpaired) electrons. The molecule has 0 fully saturated rings. The van der Waals surface area contributed by atoms with E-state index in [9.17, 15) is 0 Å². The molecular formula is C16H28N2S. The third kappa shape index (κ3) is 3.59. The summed E-state index contributed by atoms with van der Waals surface area (Å²) in [6.07, 6.45) is 3.80. The van der Waals surface area contributed by atoms with Crippen molar-refractivity contribution in [2.75, 3.05) is 13.1 Å². The Bertz CT molecular complexity index is 386. The number of rotatable bonds is 6. The fraction of sp³-hybridized carbons (Fsp3) is 0.750. The number of nitrogens with zero attached hydrogens (tertiary/aromatic N) is 1. The van der Waals surface area contributed by atoms with Crippen molar-refractivity contribution in [1.82, 2.24) is 10.2 Å². The third-order valence-electron chi connectivity index (χ3n) is 4.18. The molecule has 0 aliphatic carbocycles. The van der Waals surface area contributed by atoms with E-state index in [4.69, 9.17) is 0 Å². The van der Waals surface area contributed by atoms with Gasteiger partial charge in [0.1, 0.15) is 0 Å². The van der Waals surface area contributed by atoms with Gasteiger partial charge in [-0.2, -0.15) is 0 Å². The normalized spacial score (nSPS) is 21.6. The van der Waals surface area contributed by atoms with E-state index >= 15 is 0 Å². The molecular weight excluding hydrogens is 252 g/mol. The molecule has 0 spiro atoms. The van der Waals surface area contributed by atoms with Crippen LogP contribution in [0.1, 0.15) is 57.0 Å². The highest BCUT2D eigenvalue weighted by molar-refractivity contribution is 7.10. The minimum absolute atomic E-state index is 0.580. The molecule has 19 heavy (non-hydrogen) atoms. The molecule has 2 rings (SSSR count). The zero-order valence-electron chi connectivity index (χ0n) is 12.8. The second kappa shape index (κ2) is 6.87. The van der Waals surface area contributed by atoms with E-state index in [1.807, 2.05) is 11.3 Å². The average molecular weight is 280 g/mol. The molecule has 0 saturated carbocycles. The molecule has 1 aliphatic heterocycles. The third-order valence-corrected chi connectivity index (χ3v) is 5.17. The molecule has 0 aromatic carbocycles. The number of fused-ring (bicyclic) bond motifs is 1. The lowest BCUT2D eigenvalue weighted by Crippen LogP contribution is -2.47. The van der Waals surface area contributed by atoms with Crippen molar-refractivity contribution in [2.24, 2.45) is 0 Å². The highest BCUT2D eigenvalue weighted by Gasteiger charge is 2.29. The van der Waals surface area contributed by atoms with Gasteiger partial charge < -0.3 is 5.32 Å². The highest BCUT2D eigenvalue weighted by Crippen LogP contribution is 2.34. The molecule has 108 valence electrons. The predicted octanol–water partition coefficient (Wildman–Crippen LogP) is 3.83. The van der Waals surface area contributed by atoms with Crippen LogP contribution in [0, 0.1) is 0 Å².